The van der Waals surface area contributed by atoms with E-state index < -0.39 is 11.7 Å². The summed E-state index contributed by atoms with van der Waals surface area (Å²) in [5.74, 6) is 0. The molecule has 94 valence electrons. The van der Waals surface area contributed by atoms with Gasteiger partial charge in [-0.25, -0.2) is 4.79 Å². The van der Waals surface area contributed by atoms with Crippen LogP contribution in [-0.2, 0) is 17.8 Å². The van der Waals surface area contributed by atoms with Crippen molar-refractivity contribution in [2.45, 2.75) is 39.5 Å². The largest absolute Gasteiger partial charge is 0.444 e. The number of nitrogens with one attached hydrogen (secondary N) is 1. The average molecular weight is 237 g/mol. The molecule has 5 nitrogen and oxygen atoms in total. The van der Waals surface area contributed by atoms with Crippen molar-refractivity contribution in [1.29, 1.82) is 0 Å². The summed E-state index contributed by atoms with van der Waals surface area (Å²) in [6, 6.07) is 3.69. The standard InChI is InChI=1S/C12H19N3O2/c1-12(2,3)17-11(16)15-8-9-4-5-14-10(6-9)7-13/h4-6H,7-8,13H2,1-3H3,(H,15,16). The number of pyridine rings is 1. The van der Waals surface area contributed by atoms with Gasteiger partial charge in [-0.15, -0.1) is 0 Å². The molecule has 0 saturated heterocycles. The third-order valence-electron chi connectivity index (χ3n) is 1.93. The molecule has 0 spiro atoms. The molecule has 1 heterocycles. The van der Waals surface area contributed by atoms with Gasteiger partial charge in [-0.2, -0.15) is 0 Å². The van der Waals surface area contributed by atoms with Crippen LogP contribution in [0.2, 0.25) is 0 Å². The number of ether oxygens (including phenoxy) is 1. The highest BCUT2D eigenvalue weighted by Crippen LogP contribution is 2.07. The predicted octanol–water partition coefficient (Wildman–Crippen LogP) is 1.56. The molecule has 0 bridgehead atoms. The Morgan fingerprint density at radius 3 is 2.82 bits per heavy atom. The van der Waals surface area contributed by atoms with Crippen molar-refractivity contribution in [1.82, 2.24) is 10.3 Å². The first kappa shape index (κ1) is 13.4. The Labute approximate surface area is 101 Å². The van der Waals surface area contributed by atoms with Crippen LogP contribution in [0.25, 0.3) is 0 Å². The zero-order chi connectivity index (χ0) is 12.9. The quantitative estimate of drug-likeness (QED) is 0.836. The summed E-state index contributed by atoms with van der Waals surface area (Å²) >= 11 is 0. The first-order chi connectivity index (χ1) is 7.90. The summed E-state index contributed by atoms with van der Waals surface area (Å²) in [5.41, 5.74) is 6.75. The van der Waals surface area contributed by atoms with E-state index >= 15 is 0 Å². The summed E-state index contributed by atoms with van der Waals surface area (Å²) in [6.07, 6.45) is 1.25. The number of nitrogens with zero attached hydrogens (tertiary/aromatic N) is 1. The van der Waals surface area contributed by atoms with Gasteiger partial charge in [-0.05, 0) is 38.5 Å². The highest BCUT2D eigenvalue weighted by atomic mass is 16.6. The highest BCUT2D eigenvalue weighted by molar-refractivity contribution is 5.67. The first-order valence-corrected chi connectivity index (χ1v) is 5.51. The minimum absolute atomic E-state index is 0.389. The zero-order valence-electron chi connectivity index (χ0n) is 10.5. The summed E-state index contributed by atoms with van der Waals surface area (Å²) in [5, 5.41) is 2.68. The van der Waals surface area contributed by atoms with Crippen molar-refractivity contribution in [2.75, 3.05) is 0 Å². The number of nitrogens with two attached hydrogens (primary N) is 1. The van der Waals surface area contributed by atoms with E-state index in [0.29, 0.717) is 13.1 Å². The van der Waals surface area contributed by atoms with E-state index in [2.05, 4.69) is 10.3 Å². The molecular weight excluding hydrogens is 218 g/mol. The van der Waals surface area contributed by atoms with Crippen LogP contribution in [-0.4, -0.2) is 16.7 Å². The lowest BCUT2D eigenvalue weighted by atomic mass is 10.2. The molecule has 0 fully saturated rings. The molecule has 1 amide bonds. The fourth-order valence-electron chi connectivity index (χ4n) is 1.24. The maximum Gasteiger partial charge on any atom is 0.407 e. The van der Waals surface area contributed by atoms with Crippen molar-refractivity contribution in [3.63, 3.8) is 0 Å². The molecule has 1 aromatic rings. The monoisotopic (exact) mass is 237 g/mol. The molecule has 1 rings (SSSR count). The number of carbonyl (C=O) groups is 1. The molecular formula is C12H19N3O2. The number of alkyl carbamates (subject to hydrolysis) is 1. The van der Waals surface area contributed by atoms with E-state index in [-0.39, 0.29) is 0 Å². The van der Waals surface area contributed by atoms with E-state index in [9.17, 15) is 4.79 Å². The summed E-state index contributed by atoms with van der Waals surface area (Å²) in [7, 11) is 0. The Morgan fingerprint density at radius 2 is 2.24 bits per heavy atom. The van der Waals surface area contributed by atoms with Crippen LogP contribution in [0.4, 0.5) is 4.79 Å². The lowest BCUT2D eigenvalue weighted by Crippen LogP contribution is -2.32. The van der Waals surface area contributed by atoms with Gasteiger partial charge in [0.2, 0.25) is 0 Å². The van der Waals surface area contributed by atoms with Crippen molar-refractivity contribution < 1.29 is 9.53 Å². The molecule has 3 N–H and O–H groups in total. The topological polar surface area (TPSA) is 77.2 Å². The van der Waals surface area contributed by atoms with Crippen molar-refractivity contribution >= 4 is 6.09 Å². The van der Waals surface area contributed by atoms with Crippen molar-refractivity contribution in [2.24, 2.45) is 5.73 Å². The smallest absolute Gasteiger partial charge is 0.407 e. The number of amides is 1. The normalized spacial score (nSPS) is 11.1. The Kier molecular flexibility index (Phi) is 4.45. The molecule has 5 heteroatoms. The number of aromatic nitrogens is 1. The number of carbonyl (C=O) groups excluding carboxylic acids is 1. The molecule has 0 aliphatic carbocycles. The van der Waals surface area contributed by atoms with E-state index in [0.717, 1.165) is 11.3 Å². The fourth-order valence-corrected chi connectivity index (χ4v) is 1.24. The van der Waals surface area contributed by atoms with Gasteiger partial charge >= 0.3 is 6.09 Å². The van der Waals surface area contributed by atoms with Crippen LogP contribution in [0.1, 0.15) is 32.0 Å². The highest BCUT2D eigenvalue weighted by Gasteiger charge is 2.15. The summed E-state index contributed by atoms with van der Waals surface area (Å²) in [6.45, 7) is 6.27. The third-order valence-corrected chi connectivity index (χ3v) is 1.93. The van der Waals surface area contributed by atoms with E-state index in [4.69, 9.17) is 10.5 Å². The van der Waals surface area contributed by atoms with Crippen LogP contribution in [0.3, 0.4) is 0 Å². The number of hydrogen-bond donors (Lipinski definition) is 2. The van der Waals surface area contributed by atoms with Gasteiger partial charge in [0.15, 0.2) is 0 Å². The minimum atomic E-state index is -0.481. The van der Waals surface area contributed by atoms with Crippen LogP contribution in [0.15, 0.2) is 18.3 Å². The Balaban J connectivity index is 2.47. The van der Waals surface area contributed by atoms with E-state index in [1.807, 2.05) is 32.9 Å². The van der Waals surface area contributed by atoms with Gasteiger partial charge in [0.1, 0.15) is 5.60 Å². The molecule has 0 saturated carbocycles. The molecule has 0 unspecified atom stereocenters. The maximum atomic E-state index is 11.4. The second-order valence-corrected chi connectivity index (χ2v) is 4.71. The van der Waals surface area contributed by atoms with Gasteiger partial charge in [0.05, 0.1) is 5.69 Å². The van der Waals surface area contributed by atoms with Crippen molar-refractivity contribution in [3.05, 3.63) is 29.6 Å². The average Bonchev–Trinajstić information content (AvgIpc) is 2.24. The Bertz CT molecular complexity index is 386. The minimum Gasteiger partial charge on any atom is -0.444 e. The van der Waals surface area contributed by atoms with Gasteiger partial charge < -0.3 is 15.8 Å². The SMILES string of the molecule is CC(C)(C)OC(=O)NCc1ccnc(CN)c1. The molecule has 17 heavy (non-hydrogen) atoms. The fraction of sp³-hybridized carbons (Fsp3) is 0.500. The maximum absolute atomic E-state index is 11.4. The van der Waals surface area contributed by atoms with Gasteiger partial charge in [-0.3, -0.25) is 4.98 Å². The summed E-state index contributed by atoms with van der Waals surface area (Å²) in [4.78, 5) is 15.5. The second-order valence-electron chi connectivity index (χ2n) is 4.71. The van der Waals surface area contributed by atoms with Crippen LogP contribution < -0.4 is 11.1 Å². The molecule has 0 aromatic carbocycles. The van der Waals surface area contributed by atoms with Crippen LogP contribution in [0.5, 0.6) is 0 Å². The second kappa shape index (κ2) is 5.63. The van der Waals surface area contributed by atoms with Gasteiger partial charge in [0.25, 0.3) is 0 Å². The Morgan fingerprint density at radius 1 is 1.53 bits per heavy atom. The van der Waals surface area contributed by atoms with E-state index in [1.165, 1.54) is 0 Å². The molecule has 0 atom stereocenters. The van der Waals surface area contributed by atoms with Gasteiger partial charge in [0, 0.05) is 19.3 Å². The molecule has 0 radical (unpaired) electrons. The van der Waals surface area contributed by atoms with Crippen molar-refractivity contribution in [3.8, 4) is 0 Å². The van der Waals surface area contributed by atoms with Crippen LogP contribution >= 0.6 is 0 Å². The first-order valence-electron chi connectivity index (χ1n) is 5.51. The number of hydrogen-bond acceptors (Lipinski definition) is 4. The molecule has 1 aromatic heterocycles. The van der Waals surface area contributed by atoms with Gasteiger partial charge in [-0.1, -0.05) is 0 Å². The third kappa shape index (κ3) is 5.31. The van der Waals surface area contributed by atoms with E-state index in [1.54, 1.807) is 6.20 Å². The molecule has 0 aliphatic rings. The predicted molar refractivity (Wildman–Crippen MR) is 65.2 cm³/mol. The number of rotatable bonds is 3. The summed E-state index contributed by atoms with van der Waals surface area (Å²) < 4.78 is 5.13. The van der Waals surface area contributed by atoms with Crippen LogP contribution in [0, 0.1) is 0 Å². The lowest BCUT2D eigenvalue weighted by molar-refractivity contribution is 0.0523. The zero-order valence-corrected chi connectivity index (χ0v) is 10.5. The lowest BCUT2D eigenvalue weighted by Gasteiger charge is -2.19. The molecule has 0 aliphatic heterocycles. The Hall–Kier alpha value is -1.62.